The van der Waals surface area contributed by atoms with E-state index in [1.54, 1.807) is 4.90 Å². The van der Waals surface area contributed by atoms with Crippen molar-refractivity contribution in [3.8, 4) is 17.0 Å². The molecule has 0 spiro atoms. The van der Waals surface area contributed by atoms with E-state index in [0.29, 0.717) is 30.8 Å². The van der Waals surface area contributed by atoms with Crippen molar-refractivity contribution < 1.29 is 32.2 Å². The first-order chi connectivity index (χ1) is 18.0. The Kier molecular flexibility index (Phi) is 8.49. The molecule has 0 N–H and O–H groups in total. The Morgan fingerprint density at radius 3 is 2.50 bits per heavy atom. The van der Waals surface area contributed by atoms with E-state index in [4.69, 9.17) is 14.2 Å². The van der Waals surface area contributed by atoms with E-state index in [9.17, 15) is 18.0 Å². The lowest BCUT2D eigenvalue weighted by Gasteiger charge is -2.34. The number of carbonyl (C=O) groups is 1. The Balaban J connectivity index is 1.62. The summed E-state index contributed by atoms with van der Waals surface area (Å²) in [5.74, 6) is 0.297. The summed E-state index contributed by atoms with van der Waals surface area (Å²) in [5.41, 5.74) is 2.73. The number of aromatic nitrogens is 2. The molecule has 208 valence electrons. The second kappa shape index (κ2) is 11.5. The third-order valence-corrected chi connectivity index (χ3v) is 6.92. The summed E-state index contributed by atoms with van der Waals surface area (Å²) in [5, 5.41) is 9.12. The molecule has 1 amide bonds. The molecule has 0 saturated carbocycles. The fraction of sp³-hybridized carbons (Fsp3) is 0.607. The number of hydrogen-bond acceptors (Lipinski definition) is 6. The zero-order valence-corrected chi connectivity index (χ0v) is 22.5. The molecule has 1 fully saturated rings. The maximum absolute atomic E-state index is 13.4. The van der Waals surface area contributed by atoms with Crippen LogP contribution in [0.3, 0.4) is 0 Å². The molecule has 1 unspecified atom stereocenters. The SMILES string of the molecule is COCOc1cc(C(F)(F)F)ccc1-c1nnc(CC2CCCN(C(=O)OC(C)(C)C)C2)c2c1CCCC2. The van der Waals surface area contributed by atoms with Crippen molar-refractivity contribution in [2.45, 2.75) is 77.5 Å². The number of nitrogens with zero attached hydrogens (tertiary/aromatic N) is 3. The largest absolute Gasteiger partial charge is 0.467 e. The van der Waals surface area contributed by atoms with Crippen molar-refractivity contribution in [3.05, 3.63) is 40.6 Å². The molecule has 1 atom stereocenters. The predicted octanol–water partition coefficient (Wildman–Crippen LogP) is 6.21. The van der Waals surface area contributed by atoms with Gasteiger partial charge in [0.1, 0.15) is 17.0 Å². The highest BCUT2D eigenvalue weighted by molar-refractivity contribution is 5.72. The van der Waals surface area contributed by atoms with Gasteiger partial charge in [0.05, 0.1) is 11.3 Å². The summed E-state index contributed by atoms with van der Waals surface area (Å²) in [6.45, 7) is 6.67. The Labute approximate surface area is 221 Å². The molecule has 0 bridgehead atoms. The number of alkyl halides is 3. The molecule has 2 heterocycles. The summed E-state index contributed by atoms with van der Waals surface area (Å²) in [6, 6.07) is 3.45. The average Bonchev–Trinajstić information content (AvgIpc) is 2.86. The first-order valence-electron chi connectivity index (χ1n) is 13.1. The zero-order chi connectivity index (χ0) is 27.5. The van der Waals surface area contributed by atoms with E-state index in [1.165, 1.54) is 13.2 Å². The number of carbonyl (C=O) groups excluding carboxylic acids is 1. The molecule has 0 radical (unpaired) electrons. The van der Waals surface area contributed by atoms with E-state index >= 15 is 0 Å². The smallest absolute Gasteiger partial charge is 0.416 e. The van der Waals surface area contributed by atoms with E-state index in [2.05, 4.69) is 10.2 Å². The average molecular weight is 536 g/mol. The maximum Gasteiger partial charge on any atom is 0.416 e. The third kappa shape index (κ3) is 6.76. The van der Waals surface area contributed by atoms with Crippen LogP contribution in [0.15, 0.2) is 18.2 Å². The molecular weight excluding hydrogens is 499 g/mol. The fourth-order valence-electron chi connectivity index (χ4n) is 5.23. The number of piperidine rings is 1. The van der Waals surface area contributed by atoms with Crippen molar-refractivity contribution in [1.29, 1.82) is 0 Å². The Hall–Kier alpha value is -2.88. The highest BCUT2D eigenvalue weighted by atomic mass is 19.4. The Bertz CT molecular complexity index is 1150. The number of halogens is 3. The maximum atomic E-state index is 13.4. The molecular formula is C28H36F3N3O4. The predicted molar refractivity (Wildman–Crippen MR) is 136 cm³/mol. The summed E-state index contributed by atoms with van der Waals surface area (Å²) < 4.78 is 56.2. The second-order valence-corrected chi connectivity index (χ2v) is 11.1. The van der Waals surface area contributed by atoms with E-state index < -0.39 is 17.3 Å². The van der Waals surface area contributed by atoms with Crippen LogP contribution in [0.5, 0.6) is 5.75 Å². The number of ether oxygens (including phenoxy) is 3. The van der Waals surface area contributed by atoms with Gasteiger partial charge in [0.25, 0.3) is 0 Å². The van der Waals surface area contributed by atoms with Gasteiger partial charge in [-0.1, -0.05) is 0 Å². The van der Waals surface area contributed by atoms with Crippen LogP contribution in [0.2, 0.25) is 0 Å². The minimum atomic E-state index is -4.49. The zero-order valence-electron chi connectivity index (χ0n) is 22.5. The van der Waals surface area contributed by atoms with E-state index in [0.717, 1.165) is 67.5 Å². The number of likely N-dealkylation sites (tertiary alicyclic amines) is 1. The van der Waals surface area contributed by atoms with Gasteiger partial charge in [-0.3, -0.25) is 0 Å². The highest BCUT2D eigenvalue weighted by Gasteiger charge is 2.33. The Morgan fingerprint density at radius 1 is 1.08 bits per heavy atom. The number of benzene rings is 1. The number of methoxy groups -OCH3 is 1. The summed E-state index contributed by atoms with van der Waals surface area (Å²) in [7, 11) is 1.42. The van der Waals surface area contributed by atoms with E-state index in [-0.39, 0.29) is 24.6 Å². The number of amides is 1. The number of fused-ring (bicyclic) bond motifs is 1. The first kappa shape index (κ1) is 28.1. The van der Waals surface area contributed by atoms with Crippen molar-refractivity contribution >= 4 is 6.09 Å². The standard InChI is InChI=1S/C28H36F3N3O4/c1-27(2,3)38-26(35)34-13-7-8-18(16-34)14-23-20-9-5-6-10-21(20)25(33-32-23)22-12-11-19(28(29,30)31)15-24(22)37-17-36-4/h11-12,15,18H,5-10,13-14,16-17H2,1-4H3. The lowest BCUT2D eigenvalue weighted by atomic mass is 9.84. The van der Waals surface area contributed by atoms with Crippen LogP contribution < -0.4 is 4.74 Å². The van der Waals surface area contributed by atoms with Gasteiger partial charge in [-0.15, -0.1) is 5.10 Å². The minimum absolute atomic E-state index is 0.0665. The van der Waals surface area contributed by atoms with Gasteiger partial charge < -0.3 is 19.1 Å². The Morgan fingerprint density at radius 2 is 1.82 bits per heavy atom. The minimum Gasteiger partial charge on any atom is -0.467 e. The molecule has 38 heavy (non-hydrogen) atoms. The molecule has 1 aliphatic heterocycles. The van der Waals surface area contributed by atoms with Crippen molar-refractivity contribution in [2.75, 3.05) is 27.0 Å². The summed E-state index contributed by atoms with van der Waals surface area (Å²) in [6.07, 6.45) is 1.36. The van der Waals surface area contributed by atoms with Crippen LogP contribution in [0.25, 0.3) is 11.3 Å². The molecule has 1 aromatic carbocycles. The van der Waals surface area contributed by atoms with Gasteiger partial charge in [0.2, 0.25) is 0 Å². The molecule has 7 nitrogen and oxygen atoms in total. The number of rotatable bonds is 6. The molecule has 10 heteroatoms. The van der Waals surface area contributed by atoms with Gasteiger partial charge in [0.15, 0.2) is 6.79 Å². The molecule has 1 saturated heterocycles. The molecule has 1 aromatic heterocycles. The highest BCUT2D eigenvalue weighted by Crippen LogP contribution is 2.40. The van der Waals surface area contributed by atoms with Gasteiger partial charge in [-0.25, -0.2) is 4.79 Å². The van der Waals surface area contributed by atoms with Gasteiger partial charge in [-0.05, 0) is 101 Å². The van der Waals surface area contributed by atoms with Crippen molar-refractivity contribution in [3.63, 3.8) is 0 Å². The first-order valence-corrected chi connectivity index (χ1v) is 13.1. The number of hydrogen-bond donors (Lipinski definition) is 0. The van der Waals surface area contributed by atoms with E-state index in [1.807, 2.05) is 20.8 Å². The van der Waals surface area contributed by atoms with Crippen molar-refractivity contribution in [2.24, 2.45) is 5.92 Å². The normalized spacial score (nSPS) is 18.2. The molecule has 4 rings (SSSR count). The van der Waals surface area contributed by atoms with Gasteiger partial charge >= 0.3 is 12.3 Å². The molecule has 2 aliphatic rings. The third-order valence-electron chi connectivity index (χ3n) is 6.92. The van der Waals surface area contributed by atoms with Crippen LogP contribution in [-0.2, 0) is 34.9 Å². The van der Waals surface area contributed by atoms with Gasteiger partial charge in [-0.2, -0.15) is 18.3 Å². The van der Waals surface area contributed by atoms with Gasteiger partial charge in [0, 0.05) is 25.8 Å². The van der Waals surface area contributed by atoms with Crippen LogP contribution >= 0.6 is 0 Å². The quantitative estimate of drug-likeness (QED) is 0.409. The van der Waals surface area contributed by atoms with Crippen LogP contribution in [0.4, 0.5) is 18.0 Å². The lowest BCUT2D eigenvalue weighted by molar-refractivity contribution is -0.137. The van der Waals surface area contributed by atoms with Crippen LogP contribution in [0, 0.1) is 5.92 Å². The van der Waals surface area contributed by atoms with Crippen molar-refractivity contribution in [1.82, 2.24) is 15.1 Å². The molecule has 2 aromatic rings. The molecule has 1 aliphatic carbocycles. The fourth-order valence-corrected chi connectivity index (χ4v) is 5.23. The summed E-state index contributed by atoms with van der Waals surface area (Å²) in [4.78, 5) is 14.4. The van der Waals surface area contributed by atoms with Crippen LogP contribution in [-0.4, -0.2) is 53.8 Å². The van der Waals surface area contributed by atoms with Crippen LogP contribution in [0.1, 0.15) is 68.8 Å². The summed E-state index contributed by atoms with van der Waals surface area (Å²) >= 11 is 0. The lowest BCUT2D eigenvalue weighted by Crippen LogP contribution is -2.43. The second-order valence-electron chi connectivity index (χ2n) is 11.1. The topological polar surface area (TPSA) is 73.8 Å². The monoisotopic (exact) mass is 535 g/mol.